The van der Waals surface area contributed by atoms with E-state index in [9.17, 15) is 23.4 Å². The first-order chi connectivity index (χ1) is 15.8. The van der Waals surface area contributed by atoms with Gasteiger partial charge in [0.05, 0.1) is 17.3 Å². The van der Waals surface area contributed by atoms with E-state index in [4.69, 9.17) is 0 Å². The van der Waals surface area contributed by atoms with E-state index in [2.05, 4.69) is 9.88 Å². The van der Waals surface area contributed by atoms with Crippen molar-refractivity contribution in [2.75, 3.05) is 6.54 Å². The third kappa shape index (κ3) is 3.68. The van der Waals surface area contributed by atoms with Crippen LogP contribution in [0.4, 0.5) is 13.2 Å². The van der Waals surface area contributed by atoms with Crippen molar-refractivity contribution in [3.05, 3.63) is 71.1 Å². The molecule has 5 rings (SSSR count). The minimum atomic E-state index is -4.39. The minimum absolute atomic E-state index is 0.0689. The van der Waals surface area contributed by atoms with Crippen LogP contribution in [-0.4, -0.2) is 31.2 Å². The summed E-state index contributed by atoms with van der Waals surface area (Å²) in [6.07, 6.45) is 4.05. The number of benzene rings is 1. The lowest BCUT2D eigenvalue weighted by Crippen LogP contribution is -2.30. The van der Waals surface area contributed by atoms with Crippen molar-refractivity contribution in [1.29, 1.82) is 0 Å². The van der Waals surface area contributed by atoms with Crippen molar-refractivity contribution in [3.8, 4) is 22.9 Å². The van der Waals surface area contributed by atoms with Gasteiger partial charge in [-0.25, -0.2) is 0 Å². The molecule has 8 heteroatoms. The first-order valence-corrected chi connectivity index (χ1v) is 10.9. The van der Waals surface area contributed by atoms with E-state index in [0.29, 0.717) is 16.8 Å². The summed E-state index contributed by atoms with van der Waals surface area (Å²) in [5.41, 5.74) is 2.56. The molecular weight excluding hydrogens is 431 g/mol. The standard InChI is InChI=1S/C25H24F3N3O2/c1-30-23(32)21-19-7-2-3-12-31(19)20(22(21)24(30)33)11-10-18-9-8-16(14-29-18)15-5-4-6-17(13-15)25(26,27)28/h4-6,8-11,13-14,19-20,32-33H,2-3,7,12H2,1H3/b11-10+/t19-,20-/m0/s1. The van der Waals surface area contributed by atoms with Crippen LogP contribution in [0.15, 0.2) is 48.7 Å². The van der Waals surface area contributed by atoms with Crippen LogP contribution in [0.25, 0.3) is 17.2 Å². The zero-order valence-electron chi connectivity index (χ0n) is 18.0. The number of halogens is 3. The van der Waals surface area contributed by atoms with Gasteiger partial charge in [0.15, 0.2) is 11.8 Å². The molecule has 1 saturated heterocycles. The topological polar surface area (TPSA) is 61.5 Å². The van der Waals surface area contributed by atoms with Gasteiger partial charge in [-0.05, 0) is 49.2 Å². The summed E-state index contributed by atoms with van der Waals surface area (Å²) in [4.78, 5) is 6.70. The van der Waals surface area contributed by atoms with Crippen molar-refractivity contribution in [3.63, 3.8) is 0 Å². The van der Waals surface area contributed by atoms with Gasteiger partial charge < -0.3 is 10.2 Å². The van der Waals surface area contributed by atoms with E-state index in [-0.39, 0.29) is 23.8 Å². The Morgan fingerprint density at radius 3 is 2.55 bits per heavy atom. The molecule has 0 saturated carbocycles. The zero-order chi connectivity index (χ0) is 23.3. The number of fused-ring (bicyclic) bond motifs is 3. The molecule has 2 atom stereocenters. The summed E-state index contributed by atoms with van der Waals surface area (Å²) >= 11 is 0. The predicted octanol–water partition coefficient (Wildman–Crippen LogP) is 5.81. The summed E-state index contributed by atoms with van der Waals surface area (Å²) in [5.74, 6) is 0.179. The first-order valence-electron chi connectivity index (χ1n) is 10.9. The summed E-state index contributed by atoms with van der Waals surface area (Å²) in [6.45, 7) is 0.874. The highest BCUT2D eigenvalue weighted by Gasteiger charge is 2.44. The molecule has 4 heterocycles. The Kier molecular flexibility index (Phi) is 5.20. The Hall–Kier alpha value is -3.26. The molecule has 0 unspecified atom stereocenters. The molecule has 0 bridgehead atoms. The molecule has 2 aliphatic heterocycles. The van der Waals surface area contributed by atoms with Crippen LogP contribution in [0.5, 0.6) is 11.8 Å². The second-order valence-electron chi connectivity index (χ2n) is 8.64. The maximum atomic E-state index is 13.0. The van der Waals surface area contributed by atoms with E-state index < -0.39 is 11.7 Å². The fourth-order valence-corrected chi connectivity index (χ4v) is 5.03. The van der Waals surface area contributed by atoms with Gasteiger partial charge in [-0.15, -0.1) is 0 Å². The number of nitrogens with zero attached hydrogens (tertiary/aromatic N) is 3. The first kappa shape index (κ1) is 21.6. The number of aromatic nitrogens is 2. The number of hydrogen-bond donors (Lipinski definition) is 2. The molecule has 0 radical (unpaired) electrons. The lowest BCUT2D eigenvalue weighted by Gasteiger charge is -2.33. The van der Waals surface area contributed by atoms with Crippen LogP contribution in [0, 0.1) is 0 Å². The second kappa shape index (κ2) is 7.95. The third-order valence-corrected chi connectivity index (χ3v) is 6.70. The molecule has 2 aromatic heterocycles. The largest absolute Gasteiger partial charge is 0.494 e. The molecule has 5 nitrogen and oxygen atoms in total. The number of pyridine rings is 1. The van der Waals surface area contributed by atoms with Crippen LogP contribution in [0.3, 0.4) is 0 Å². The van der Waals surface area contributed by atoms with Crippen molar-refractivity contribution < 1.29 is 23.4 Å². The fraction of sp³-hybridized carbons (Fsp3) is 0.320. The molecule has 2 aliphatic rings. The van der Waals surface area contributed by atoms with E-state index in [1.165, 1.54) is 10.6 Å². The predicted molar refractivity (Wildman–Crippen MR) is 118 cm³/mol. The van der Waals surface area contributed by atoms with Crippen LogP contribution < -0.4 is 0 Å². The van der Waals surface area contributed by atoms with Crippen molar-refractivity contribution >= 4 is 6.08 Å². The maximum absolute atomic E-state index is 13.0. The van der Waals surface area contributed by atoms with Gasteiger partial charge in [-0.3, -0.25) is 14.5 Å². The van der Waals surface area contributed by atoms with Crippen molar-refractivity contribution in [2.45, 2.75) is 37.5 Å². The normalized spacial score (nSPS) is 20.8. The summed E-state index contributed by atoms with van der Waals surface area (Å²) < 4.78 is 40.4. The molecule has 0 spiro atoms. The van der Waals surface area contributed by atoms with Crippen molar-refractivity contribution in [1.82, 2.24) is 14.5 Å². The number of alkyl halides is 3. The van der Waals surface area contributed by atoms with E-state index in [0.717, 1.165) is 49.1 Å². The van der Waals surface area contributed by atoms with Gasteiger partial charge in [0.2, 0.25) is 0 Å². The quantitative estimate of drug-likeness (QED) is 0.523. The van der Waals surface area contributed by atoms with Crippen LogP contribution in [0.2, 0.25) is 0 Å². The SMILES string of the molecule is Cn1c(O)c2c(c1O)[C@@H]1CCCCN1[C@H]2/C=C/c1ccc(-c2cccc(C(F)(F)F)c2)cn1. The molecule has 1 aromatic carbocycles. The van der Waals surface area contributed by atoms with Crippen LogP contribution >= 0.6 is 0 Å². The lowest BCUT2D eigenvalue weighted by molar-refractivity contribution is -0.137. The summed E-state index contributed by atoms with van der Waals surface area (Å²) in [6, 6.07) is 8.59. The molecule has 172 valence electrons. The number of hydrogen-bond acceptors (Lipinski definition) is 4. The summed E-state index contributed by atoms with van der Waals surface area (Å²) in [7, 11) is 1.64. The Balaban J connectivity index is 1.42. The van der Waals surface area contributed by atoms with E-state index >= 15 is 0 Å². The van der Waals surface area contributed by atoms with Gasteiger partial charge in [-0.1, -0.05) is 30.7 Å². The fourth-order valence-electron chi connectivity index (χ4n) is 5.03. The Morgan fingerprint density at radius 1 is 1.03 bits per heavy atom. The second-order valence-corrected chi connectivity index (χ2v) is 8.64. The highest BCUT2D eigenvalue weighted by Crippen LogP contribution is 2.54. The molecule has 0 amide bonds. The lowest BCUT2D eigenvalue weighted by atomic mass is 9.99. The molecule has 33 heavy (non-hydrogen) atoms. The molecule has 0 aliphatic carbocycles. The number of rotatable bonds is 3. The molecule has 3 aromatic rings. The Bertz CT molecular complexity index is 1210. The van der Waals surface area contributed by atoms with Gasteiger partial charge in [-0.2, -0.15) is 13.2 Å². The monoisotopic (exact) mass is 455 g/mol. The highest BCUT2D eigenvalue weighted by atomic mass is 19.4. The average Bonchev–Trinajstić information content (AvgIpc) is 3.26. The molecule has 2 N–H and O–H groups in total. The van der Waals surface area contributed by atoms with Gasteiger partial charge >= 0.3 is 6.18 Å². The third-order valence-electron chi connectivity index (χ3n) is 6.70. The Morgan fingerprint density at radius 2 is 1.82 bits per heavy atom. The van der Waals surface area contributed by atoms with Crippen LogP contribution in [0.1, 0.15) is 53.7 Å². The minimum Gasteiger partial charge on any atom is -0.494 e. The Labute approximate surface area is 189 Å². The van der Waals surface area contributed by atoms with E-state index in [1.807, 2.05) is 12.2 Å². The van der Waals surface area contributed by atoms with E-state index in [1.54, 1.807) is 31.4 Å². The molecule has 1 fully saturated rings. The van der Waals surface area contributed by atoms with Crippen molar-refractivity contribution in [2.24, 2.45) is 7.05 Å². The number of piperidine rings is 1. The van der Waals surface area contributed by atoms with Gasteiger partial charge in [0.25, 0.3) is 0 Å². The number of aromatic hydroxyl groups is 2. The van der Waals surface area contributed by atoms with Crippen LogP contribution in [-0.2, 0) is 13.2 Å². The summed E-state index contributed by atoms with van der Waals surface area (Å²) in [5, 5.41) is 21.2. The zero-order valence-corrected chi connectivity index (χ0v) is 18.0. The highest BCUT2D eigenvalue weighted by molar-refractivity contribution is 5.65. The van der Waals surface area contributed by atoms with Gasteiger partial charge in [0.1, 0.15) is 0 Å². The smallest absolute Gasteiger partial charge is 0.416 e. The average molecular weight is 455 g/mol. The van der Waals surface area contributed by atoms with Gasteiger partial charge in [0, 0.05) is 36.0 Å². The molecular formula is C25H24F3N3O2. The maximum Gasteiger partial charge on any atom is 0.416 e.